The predicted octanol–water partition coefficient (Wildman–Crippen LogP) is 3.73. The van der Waals surface area contributed by atoms with E-state index in [4.69, 9.17) is 9.26 Å². The van der Waals surface area contributed by atoms with E-state index in [1.807, 2.05) is 50.2 Å². The lowest BCUT2D eigenvalue weighted by molar-refractivity contribution is -0.137. The van der Waals surface area contributed by atoms with Crippen LogP contribution in [0.5, 0.6) is 0 Å². The molecular weight excluding hydrogens is 328 g/mol. The number of anilines is 1. The number of ether oxygens (including phenoxy) is 1. The lowest BCUT2D eigenvalue weighted by Gasteiger charge is -2.34. The van der Waals surface area contributed by atoms with Gasteiger partial charge in [0.2, 0.25) is 0 Å². The molecule has 26 heavy (non-hydrogen) atoms. The smallest absolute Gasteiger partial charge is 0.266 e. The lowest BCUT2D eigenvalue weighted by atomic mass is 9.81. The largest absolute Gasteiger partial charge is 0.361 e. The molecule has 1 amide bonds. The number of carbonyl (C=O) groups is 1. The number of benzene rings is 2. The van der Waals surface area contributed by atoms with Crippen LogP contribution in [0.4, 0.5) is 5.69 Å². The summed E-state index contributed by atoms with van der Waals surface area (Å²) in [6.07, 6.45) is 0.810. The number of fused-ring (bicyclic) bond motifs is 4. The number of hydrogen-bond donors (Lipinski definition) is 1. The molecule has 1 atom stereocenters. The molecule has 3 heterocycles. The molecule has 1 N–H and O–H groups in total. The lowest BCUT2D eigenvalue weighted by Crippen LogP contribution is -2.42. The molecule has 0 saturated carbocycles. The number of carbonyl (C=O) groups excluding carboxylic acids is 1. The van der Waals surface area contributed by atoms with Crippen molar-refractivity contribution in [1.82, 2.24) is 5.16 Å². The zero-order valence-corrected chi connectivity index (χ0v) is 14.6. The van der Waals surface area contributed by atoms with Crippen molar-refractivity contribution in [3.05, 3.63) is 70.6 Å². The van der Waals surface area contributed by atoms with Crippen LogP contribution in [-0.4, -0.2) is 17.7 Å². The fourth-order valence-corrected chi connectivity index (χ4v) is 4.21. The molecule has 0 bridgehead atoms. The standard InChI is InChI=1S/C21H18N2O3/c1-12-19(13(2)26-23-12)15-7-8-18-17(11-15)21(20(24)22-18)16-6-4-3-5-14(16)9-10-25-21/h3-8,11H,9-10H2,1-2H3,(H,22,24). The second-order valence-electron chi connectivity index (χ2n) is 6.85. The maximum atomic E-state index is 13.0. The van der Waals surface area contributed by atoms with Crippen LogP contribution in [0.25, 0.3) is 11.1 Å². The molecule has 1 aromatic heterocycles. The van der Waals surface area contributed by atoms with Crippen molar-refractivity contribution in [3.8, 4) is 11.1 Å². The van der Waals surface area contributed by atoms with Gasteiger partial charge in [0, 0.05) is 22.4 Å². The Morgan fingerprint density at radius 2 is 1.96 bits per heavy atom. The van der Waals surface area contributed by atoms with Gasteiger partial charge in [-0.25, -0.2) is 0 Å². The van der Waals surface area contributed by atoms with Gasteiger partial charge in [-0.3, -0.25) is 4.79 Å². The van der Waals surface area contributed by atoms with Crippen LogP contribution in [-0.2, 0) is 21.6 Å². The van der Waals surface area contributed by atoms with Crippen LogP contribution in [0.3, 0.4) is 0 Å². The molecule has 0 radical (unpaired) electrons. The monoisotopic (exact) mass is 346 g/mol. The molecule has 130 valence electrons. The third kappa shape index (κ3) is 1.89. The molecule has 3 aromatic rings. The Kier molecular flexibility index (Phi) is 3.12. The molecule has 0 fully saturated rings. The Labute approximate surface area is 151 Å². The van der Waals surface area contributed by atoms with Crippen molar-refractivity contribution >= 4 is 11.6 Å². The van der Waals surface area contributed by atoms with E-state index in [0.717, 1.165) is 51.4 Å². The second-order valence-corrected chi connectivity index (χ2v) is 6.85. The molecule has 5 heteroatoms. The summed E-state index contributed by atoms with van der Waals surface area (Å²) in [7, 11) is 0. The maximum Gasteiger partial charge on any atom is 0.266 e. The van der Waals surface area contributed by atoms with Gasteiger partial charge in [0.25, 0.3) is 5.91 Å². The van der Waals surface area contributed by atoms with Crippen molar-refractivity contribution in [2.24, 2.45) is 0 Å². The second kappa shape index (κ2) is 5.29. The number of rotatable bonds is 1. The van der Waals surface area contributed by atoms with Crippen molar-refractivity contribution in [2.45, 2.75) is 25.9 Å². The summed E-state index contributed by atoms with van der Waals surface area (Å²) in [6, 6.07) is 14.0. The highest BCUT2D eigenvalue weighted by Gasteiger charge is 2.52. The fraction of sp³-hybridized carbons (Fsp3) is 0.238. The molecule has 5 nitrogen and oxygen atoms in total. The van der Waals surface area contributed by atoms with Crippen LogP contribution >= 0.6 is 0 Å². The van der Waals surface area contributed by atoms with Gasteiger partial charge in [-0.1, -0.05) is 35.5 Å². The van der Waals surface area contributed by atoms with Gasteiger partial charge in [-0.2, -0.15) is 0 Å². The maximum absolute atomic E-state index is 13.0. The predicted molar refractivity (Wildman–Crippen MR) is 96.9 cm³/mol. The number of amides is 1. The molecule has 2 aromatic carbocycles. The van der Waals surface area contributed by atoms with Gasteiger partial charge in [-0.05, 0) is 43.5 Å². The summed E-state index contributed by atoms with van der Waals surface area (Å²) in [5.74, 6) is 0.634. The highest BCUT2D eigenvalue weighted by atomic mass is 16.5. The zero-order valence-electron chi connectivity index (χ0n) is 14.6. The summed E-state index contributed by atoms with van der Waals surface area (Å²) in [6.45, 7) is 4.33. The Hall–Kier alpha value is -2.92. The first-order valence-corrected chi connectivity index (χ1v) is 8.73. The van der Waals surface area contributed by atoms with Gasteiger partial charge >= 0.3 is 0 Å². The zero-order chi connectivity index (χ0) is 17.9. The summed E-state index contributed by atoms with van der Waals surface area (Å²) in [5.41, 5.74) is 5.42. The summed E-state index contributed by atoms with van der Waals surface area (Å²) in [4.78, 5) is 13.0. The molecule has 0 aliphatic carbocycles. The first kappa shape index (κ1) is 15.3. The fourth-order valence-electron chi connectivity index (χ4n) is 4.21. The first-order chi connectivity index (χ1) is 12.6. The van der Waals surface area contributed by atoms with Gasteiger partial charge in [0.1, 0.15) is 5.76 Å². The van der Waals surface area contributed by atoms with E-state index < -0.39 is 5.60 Å². The van der Waals surface area contributed by atoms with Crippen LogP contribution in [0.1, 0.15) is 28.1 Å². The van der Waals surface area contributed by atoms with E-state index in [1.54, 1.807) is 0 Å². The number of aryl methyl sites for hydroxylation is 2. The first-order valence-electron chi connectivity index (χ1n) is 8.73. The van der Waals surface area contributed by atoms with E-state index >= 15 is 0 Å². The number of hydrogen-bond acceptors (Lipinski definition) is 4. The van der Waals surface area contributed by atoms with Gasteiger partial charge in [0.15, 0.2) is 5.60 Å². The molecule has 2 aliphatic heterocycles. The Morgan fingerprint density at radius 1 is 1.12 bits per heavy atom. The minimum Gasteiger partial charge on any atom is -0.361 e. The van der Waals surface area contributed by atoms with Gasteiger partial charge in [-0.15, -0.1) is 0 Å². The minimum atomic E-state index is -1.08. The van der Waals surface area contributed by atoms with E-state index in [1.165, 1.54) is 0 Å². The normalized spacial score (nSPS) is 20.8. The van der Waals surface area contributed by atoms with Crippen LogP contribution in [0.15, 0.2) is 47.0 Å². The van der Waals surface area contributed by atoms with Crippen molar-refractivity contribution < 1.29 is 14.1 Å². The van der Waals surface area contributed by atoms with Crippen molar-refractivity contribution in [2.75, 3.05) is 11.9 Å². The molecule has 0 saturated heterocycles. The molecule has 1 spiro atoms. The van der Waals surface area contributed by atoms with Crippen molar-refractivity contribution in [3.63, 3.8) is 0 Å². The van der Waals surface area contributed by atoms with Crippen molar-refractivity contribution in [1.29, 1.82) is 0 Å². The molecular formula is C21H18N2O3. The van der Waals surface area contributed by atoms with E-state index in [-0.39, 0.29) is 5.91 Å². The topological polar surface area (TPSA) is 64.4 Å². The number of nitrogens with zero attached hydrogens (tertiary/aromatic N) is 1. The third-order valence-corrected chi connectivity index (χ3v) is 5.38. The Balaban J connectivity index is 1.76. The third-order valence-electron chi connectivity index (χ3n) is 5.38. The highest BCUT2D eigenvalue weighted by Crippen LogP contribution is 2.48. The highest BCUT2D eigenvalue weighted by molar-refractivity contribution is 6.08. The summed E-state index contributed by atoms with van der Waals surface area (Å²) < 4.78 is 11.5. The average molecular weight is 346 g/mol. The van der Waals surface area contributed by atoms with Gasteiger partial charge < -0.3 is 14.6 Å². The van der Waals surface area contributed by atoms with Crippen LogP contribution in [0, 0.1) is 13.8 Å². The van der Waals surface area contributed by atoms with E-state index in [9.17, 15) is 4.79 Å². The number of aromatic nitrogens is 1. The molecule has 2 aliphatic rings. The van der Waals surface area contributed by atoms with E-state index in [0.29, 0.717) is 6.61 Å². The quantitative estimate of drug-likeness (QED) is 0.729. The van der Waals surface area contributed by atoms with Crippen LogP contribution < -0.4 is 5.32 Å². The van der Waals surface area contributed by atoms with Crippen LogP contribution in [0.2, 0.25) is 0 Å². The summed E-state index contributed by atoms with van der Waals surface area (Å²) >= 11 is 0. The average Bonchev–Trinajstić information content (AvgIpc) is 3.13. The molecule has 5 rings (SSSR count). The minimum absolute atomic E-state index is 0.129. The number of nitrogens with one attached hydrogen (secondary N) is 1. The SMILES string of the molecule is Cc1noc(C)c1-c1ccc2c(c1)C1(OCCc3ccccc31)C(=O)N2. The van der Waals surface area contributed by atoms with E-state index in [2.05, 4.69) is 16.5 Å². The summed E-state index contributed by atoms with van der Waals surface area (Å²) in [5, 5.41) is 7.05. The van der Waals surface area contributed by atoms with Gasteiger partial charge in [0.05, 0.1) is 12.3 Å². The Bertz CT molecular complexity index is 1030. The molecule has 1 unspecified atom stereocenters. The Morgan fingerprint density at radius 3 is 2.77 bits per heavy atom.